The van der Waals surface area contributed by atoms with E-state index >= 15 is 0 Å². The van der Waals surface area contributed by atoms with Gasteiger partial charge in [0.1, 0.15) is 11.4 Å². The zero-order chi connectivity index (χ0) is 13.5. The molecule has 0 bridgehead atoms. The smallest absolute Gasteiger partial charge is 0.183 e. The average Bonchev–Trinajstić information content (AvgIpc) is 2.38. The number of ketones is 1. The van der Waals surface area contributed by atoms with Crippen molar-refractivity contribution in [1.29, 1.82) is 5.26 Å². The fourth-order valence-corrected chi connectivity index (χ4v) is 1.61. The van der Waals surface area contributed by atoms with Gasteiger partial charge in [0.05, 0.1) is 7.11 Å². The van der Waals surface area contributed by atoms with E-state index < -0.39 is 0 Å². The van der Waals surface area contributed by atoms with Crippen LogP contribution in [0.15, 0.2) is 23.2 Å². The molecule has 1 aromatic rings. The Balaban J connectivity index is 3.17. The molecule has 1 aromatic carbocycles. The summed E-state index contributed by atoms with van der Waals surface area (Å²) < 4.78 is 5.18. The van der Waals surface area contributed by atoms with Crippen molar-refractivity contribution >= 4 is 28.4 Å². The number of Topliss-reactive ketones (excluding diaryl/α,β-unsaturated/α-hetero) is 1. The number of thioether (sulfide) groups is 1. The summed E-state index contributed by atoms with van der Waals surface area (Å²) in [6.07, 6.45) is 3.61. The highest BCUT2D eigenvalue weighted by Gasteiger charge is 2.07. The fourth-order valence-electron chi connectivity index (χ4n) is 1.27. The van der Waals surface area contributed by atoms with Crippen molar-refractivity contribution in [2.24, 2.45) is 4.99 Å². The lowest BCUT2D eigenvalue weighted by atomic mass is 10.1. The summed E-state index contributed by atoms with van der Waals surface area (Å²) in [6.45, 7) is 1.49. The third kappa shape index (κ3) is 3.50. The first-order valence-corrected chi connectivity index (χ1v) is 6.31. The van der Waals surface area contributed by atoms with E-state index in [1.54, 1.807) is 24.5 Å². The van der Waals surface area contributed by atoms with Gasteiger partial charge < -0.3 is 4.74 Å². The molecule has 0 fully saturated rings. The number of nitrogens with zero attached hydrogens (tertiary/aromatic N) is 2. The molecule has 0 heterocycles. The van der Waals surface area contributed by atoms with Gasteiger partial charge in [-0.15, -0.1) is 0 Å². The van der Waals surface area contributed by atoms with Crippen LogP contribution in [-0.4, -0.2) is 24.3 Å². The number of rotatable bonds is 3. The van der Waals surface area contributed by atoms with Crippen LogP contribution in [0.3, 0.4) is 0 Å². The number of nitrogens with one attached hydrogen (secondary N) is 1. The van der Waals surface area contributed by atoms with Gasteiger partial charge in [0.15, 0.2) is 17.1 Å². The van der Waals surface area contributed by atoms with Crippen molar-refractivity contribution in [3.05, 3.63) is 23.8 Å². The quantitative estimate of drug-likeness (QED) is 0.298. The SMILES string of the molecule is COc1cc(C(C)=O)ccc1N=C(NC#N)SC. The van der Waals surface area contributed by atoms with E-state index in [4.69, 9.17) is 10.00 Å². The number of carbonyl (C=O) groups is 1. The summed E-state index contributed by atoms with van der Waals surface area (Å²) in [7, 11) is 1.51. The van der Waals surface area contributed by atoms with E-state index in [1.165, 1.54) is 25.8 Å². The van der Waals surface area contributed by atoms with Gasteiger partial charge in [-0.3, -0.25) is 10.1 Å². The van der Waals surface area contributed by atoms with Gasteiger partial charge in [0, 0.05) is 5.56 Å². The summed E-state index contributed by atoms with van der Waals surface area (Å²) in [4.78, 5) is 15.5. The summed E-state index contributed by atoms with van der Waals surface area (Å²) in [5, 5.41) is 11.5. The highest BCUT2D eigenvalue weighted by Crippen LogP contribution is 2.29. The minimum absolute atomic E-state index is 0.0379. The average molecular weight is 263 g/mol. The predicted octanol–water partition coefficient (Wildman–Crippen LogP) is 2.32. The Bertz CT molecular complexity index is 521. The zero-order valence-electron chi connectivity index (χ0n) is 10.4. The molecule has 18 heavy (non-hydrogen) atoms. The second-order valence-electron chi connectivity index (χ2n) is 3.30. The zero-order valence-corrected chi connectivity index (χ0v) is 11.2. The second kappa shape index (κ2) is 6.67. The van der Waals surface area contributed by atoms with Crippen molar-refractivity contribution in [3.63, 3.8) is 0 Å². The van der Waals surface area contributed by atoms with E-state index in [1.807, 2.05) is 6.19 Å². The number of methoxy groups -OCH3 is 1. The van der Waals surface area contributed by atoms with Gasteiger partial charge in [-0.05, 0) is 31.4 Å². The lowest BCUT2D eigenvalue weighted by Gasteiger charge is -2.07. The van der Waals surface area contributed by atoms with Gasteiger partial charge in [0.2, 0.25) is 0 Å². The van der Waals surface area contributed by atoms with Gasteiger partial charge in [0.25, 0.3) is 0 Å². The van der Waals surface area contributed by atoms with E-state index in [0.29, 0.717) is 22.2 Å². The van der Waals surface area contributed by atoms with Crippen LogP contribution in [0.1, 0.15) is 17.3 Å². The Morgan fingerprint density at radius 3 is 2.78 bits per heavy atom. The molecule has 0 aromatic heterocycles. The van der Waals surface area contributed by atoms with Crippen LogP contribution in [0.2, 0.25) is 0 Å². The predicted molar refractivity (Wildman–Crippen MR) is 72.4 cm³/mol. The van der Waals surface area contributed by atoms with E-state index in [0.717, 1.165) is 0 Å². The molecule has 6 heteroatoms. The maximum Gasteiger partial charge on any atom is 0.183 e. The lowest BCUT2D eigenvalue weighted by molar-refractivity contribution is 0.101. The standard InChI is InChI=1S/C12H13N3O2S/c1-8(16)9-4-5-10(11(6-9)17-2)15-12(18-3)14-7-13/h4-6H,1-3H3,(H,14,15). The number of amidine groups is 1. The first-order chi connectivity index (χ1) is 8.62. The first kappa shape index (κ1) is 14.1. The van der Waals surface area contributed by atoms with Crippen LogP contribution in [-0.2, 0) is 0 Å². The lowest BCUT2D eigenvalue weighted by Crippen LogP contribution is -2.12. The van der Waals surface area contributed by atoms with E-state index in [9.17, 15) is 4.79 Å². The van der Waals surface area contributed by atoms with Gasteiger partial charge in [-0.2, -0.15) is 5.26 Å². The number of ether oxygens (including phenoxy) is 1. The monoisotopic (exact) mass is 263 g/mol. The van der Waals surface area contributed by atoms with E-state index in [2.05, 4.69) is 10.3 Å². The molecule has 1 rings (SSSR count). The van der Waals surface area contributed by atoms with Crippen molar-refractivity contribution < 1.29 is 9.53 Å². The number of benzene rings is 1. The van der Waals surface area contributed by atoms with Crippen LogP contribution in [0.25, 0.3) is 0 Å². The number of aliphatic imine (C=N–C) groups is 1. The molecule has 0 unspecified atom stereocenters. The third-order valence-electron chi connectivity index (χ3n) is 2.16. The molecule has 94 valence electrons. The Labute approximate surface area is 110 Å². The molecular weight excluding hydrogens is 250 g/mol. The van der Waals surface area contributed by atoms with Gasteiger partial charge >= 0.3 is 0 Å². The van der Waals surface area contributed by atoms with Crippen LogP contribution < -0.4 is 10.1 Å². The molecule has 0 saturated carbocycles. The highest BCUT2D eigenvalue weighted by atomic mass is 32.2. The van der Waals surface area contributed by atoms with E-state index in [-0.39, 0.29) is 5.78 Å². The maximum atomic E-state index is 11.3. The first-order valence-electron chi connectivity index (χ1n) is 5.09. The number of hydrogen-bond acceptors (Lipinski definition) is 5. The number of carbonyl (C=O) groups excluding carboxylic acids is 1. The topological polar surface area (TPSA) is 74.5 Å². The normalized spacial score (nSPS) is 10.7. The summed E-state index contributed by atoms with van der Waals surface area (Å²) >= 11 is 1.31. The highest BCUT2D eigenvalue weighted by molar-refractivity contribution is 8.13. The fraction of sp³-hybridized carbons (Fsp3) is 0.250. The third-order valence-corrected chi connectivity index (χ3v) is 2.74. The van der Waals surface area contributed by atoms with Gasteiger partial charge in [-0.1, -0.05) is 11.8 Å². The molecule has 0 atom stereocenters. The molecule has 0 radical (unpaired) electrons. The van der Waals surface area contributed by atoms with Gasteiger partial charge in [-0.25, -0.2) is 4.99 Å². The molecule has 0 aliphatic carbocycles. The van der Waals surface area contributed by atoms with Crippen molar-refractivity contribution in [1.82, 2.24) is 5.32 Å². The molecule has 0 saturated heterocycles. The molecule has 5 nitrogen and oxygen atoms in total. The van der Waals surface area contributed by atoms with Crippen molar-refractivity contribution in [2.75, 3.05) is 13.4 Å². The Hall–Kier alpha value is -2.00. The van der Waals surface area contributed by atoms with Crippen LogP contribution in [0.5, 0.6) is 5.75 Å². The number of nitriles is 1. The van der Waals surface area contributed by atoms with Crippen molar-refractivity contribution in [3.8, 4) is 11.9 Å². The minimum Gasteiger partial charge on any atom is -0.494 e. The van der Waals surface area contributed by atoms with Crippen LogP contribution in [0, 0.1) is 11.5 Å². The minimum atomic E-state index is -0.0379. The Kier molecular flexibility index (Phi) is 5.21. The molecule has 0 aliphatic heterocycles. The second-order valence-corrected chi connectivity index (χ2v) is 4.10. The molecule has 0 amide bonds. The molecule has 0 aliphatic rings. The van der Waals surface area contributed by atoms with Crippen LogP contribution >= 0.6 is 11.8 Å². The van der Waals surface area contributed by atoms with Crippen molar-refractivity contribution in [2.45, 2.75) is 6.92 Å². The summed E-state index contributed by atoms with van der Waals surface area (Å²) in [6, 6.07) is 4.99. The Morgan fingerprint density at radius 2 is 2.28 bits per heavy atom. The summed E-state index contributed by atoms with van der Waals surface area (Å²) in [5.74, 6) is 0.457. The van der Waals surface area contributed by atoms with Crippen LogP contribution in [0.4, 0.5) is 5.69 Å². The largest absolute Gasteiger partial charge is 0.494 e. The maximum absolute atomic E-state index is 11.3. The Morgan fingerprint density at radius 1 is 1.56 bits per heavy atom. The molecule has 0 spiro atoms. The number of hydrogen-bond donors (Lipinski definition) is 1. The molecular formula is C12H13N3O2S. The molecule has 1 N–H and O–H groups in total. The summed E-state index contributed by atoms with van der Waals surface area (Å²) in [5.41, 5.74) is 1.12.